The molecule has 0 spiro atoms. The van der Waals surface area contributed by atoms with Crippen molar-refractivity contribution in [2.45, 2.75) is 19.8 Å². The molecule has 1 aromatic carbocycles. The second-order valence-corrected chi connectivity index (χ2v) is 3.59. The molecule has 0 heteroatoms. The fraction of sp³-hybridized carbons (Fsp3) is 0.200. The van der Waals surface area contributed by atoms with E-state index in [1.807, 2.05) is 31.2 Å². The molecule has 0 aliphatic heterocycles. The van der Waals surface area contributed by atoms with Crippen LogP contribution in [-0.4, -0.2) is 0 Å². The summed E-state index contributed by atoms with van der Waals surface area (Å²) in [6, 6.07) is 10.4. The van der Waals surface area contributed by atoms with E-state index in [0.717, 1.165) is 5.57 Å². The van der Waals surface area contributed by atoms with Crippen molar-refractivity contribution < 1.29 is 0 Å². The van der Waals surface area contributed by atoms with Gasteiger partial charge in [0, 0.05) is 5.92 Å². The highest BCUT2D eigenvalue weighted by Crippen LogP contribution is 2.22. The second-order valence-electron chi connectivity index (χ2n) is 3.59. The van der Waals surface area contributed by atoms with Gasteiger partial charge in [0.25, 0.3) is 0 Å². The van der Waals surface area contributed by atoms with Crippen LogP contribution in [0.4, 0.5) is 0 Å². The minimum absolute atomic E-state index is 0.382. The fourth-order valence-corrected chi connectivity index (χ4v) is 1.39. The van der Waals surface area contributed by atoms with E-state index in [1.165, 1.54) is 5.56 Å². The molecule has 1 unspecified atom stereocenters. The monoisotopic (exact) mass is 198 g/mol. The average molecular weight is 198 g/mol. The van der Waals surface area contributed by atoms with Gasteiger partial charge < -0.3 is 0 Å². The number of rotatable bonds is 4. The Bertz CT molecular complexity index is 355. The van der Waals surface area contributed by atoms with E-state index in [-0.39, 0.29) is 0 Å². The Morgan fingerprint density at radius 2 is 1.87 bits per heavy atom. The number of hydrogen-bond donors (Lipinski definition) is 0. The average Bonchev–Trinajstić information content (AvgIpc) is 2.29. The molecule has 0 aliphatic carbocycles. The third-order valence-corrected chi connectivity index (χ3v) is 2.47. The van der Waals surface area contributed by atoms with Gasteiger partial charge in [-0.05, 0) is 18.1 Å². The lowest BCUT2D eigenvalue weighted by molar-refractivity contribution is 0.926. The molecule has 1 rings (SSSR count). The van der Waals surface area contributed by atoms with Gasteiger partial charge in [-0.25, -0.2) is 0 Å². The van der Waals surface area contributed by atoms with Crippen molar-refractivity contribution in [3.63, 3.8) is 0 Å². The van der Waals surface area contributed by atoms with Crippen LogP contribution in [-0.2, 0) is 0 Å². The van der Waals surface area contributed by atoms with Gasteiger partial charge in [-0.15, -0.1) is 0 Å². The maximum absolute atomic E-state index is 4.08. The first-order valence-corrected chi connectivity index (χ1v) is 5.28. The van der Waals surface area contributed by atoms with Crippen molar-refractivity contribution in [3.8, 4) is 0 Å². The number of allylic oxidation sites excluding steroid dienone is 5. The molecule has 0 radical (unpaired) electrons. The molecule has 1 atom stereocenters. The van der Waals surface area contributed by atoms with Gasteiger partial charge in [0.2, 0.25) is 0 Å². The Kier molecular flexibility index (Phi) is 4.62. The van der Waals surface area contributed by atoms with Crippen LogP contribution >= 0.6 is 0 Å². The van der Waals surface area contributed by atoms with Crippen molar-refractivity contribution >= 4 is 0 Å². The van der Waals surface area contributed by atoms with E-state index in [1.54, 1.807) is 0 Å². The molecule has 15 heavy (non-hydrogen) atoms. The molecule has 0 aliphatic rings. The zero-order valence-corrected chi connectivity index (χ0v) is 9.48. The summed E-state index contributed by atoms with van der Waals surface area (Å²) in [6.07, 6.45) is 8.12. The lowest BCUT2D eigenvalue weighted by Gasteiger charge is -2.11. The summed E-state index contributed by atoms with van der Waals surface area (Å²) < 4.78 is 0. The standard InChI is InChI=1S/C15H18/c1-4-5-7-10-13(2)14(3)15-11-8-6-9-12-15/h4-12,14H,2H2,1,3H3/b5-4-,10-7-. The first-order chi connectivity index (χ1) is 7.25. The van der Waals surface area contributed by atoms with E-state index < -0.39 is 0 Å². The van der Waals surface area contributed by atoms with Crippen LogP contribution in [0.5, 0.6) is 0 Å². The summed E-state index contributed by atoms with van der Waals surface area (Å²) >= 11 is 0. The highest BCUT2D eigenvalue weighted by molar-refractivity contribution is 5.33. The molecular weight excluding hydrogens is 180 g/mol. The van der Waals surface area contributed by atoms with Crippen molar-refractivity contribution in [3.05, 3.63) is 72.4 Å². The van der Waals surface area contributed by atoms with Gasteiger partial charge in [0.1, 0.15) is 0 Å². The molecule has 0 bridgehead atoms. The van der Waals surface area contributed by atoms with E-state index in [2.05, 4.69) is 43.8 Å². The first kappa shape index (κ1) is 11.5. The Morgan fingerprint density at radius 3 is 2.47 bits per heavy atom. The lowest BCUT2D eigenvalue weighted by atomic mass is 9.94. The predicted octanol–water partition coefficient (Wildman–Crippen LogP) is 4.48. The molecule has 78 valence electrons. The van der Waals surface area contributed by atoms with Crippen LogP contribution in [0.25, 0.3) is 0 Å². The van der Waals surface area contributed by atoms with Crippen LogP contribution in [0.15, 0.2) is 66.8 Å². The highest BCUT2D eigenvalue weighted by atomic mass is 14.1. The fourth-order valence-electron chi connectivity index (χ4n) is 1.39. The van der Waals surface area contributed by atoms with Crippen molar-refractivity contribution in [1.82, 2.24) is 0 Å². The number of hydrogen-bond acceptors (Lipinski definition) is 0. The summed E-state index contributed by atoms with van der Waals surface area (Å²) in [5, 5.41) is 0. The van der Waals surface area contributed by atoms with Gasteiger partial charge >= 0.3 is 0 Å². The topological polar surface area (TPSA) is 0 Å². The SMILES string of the molecule is C=C(/C=C\C=C/C)C(C)c1ccccc1. The molecule has 0 amide bonds. The highest BCUT2D eigenvalue weighted by Gasteiger charge is 2.05. The van der Waals surface area contributed by atoms with Crippen molar-refractivity contribution in [2.24, 2.45) is 0 Å². The molecule has 0 aromatic heterocycles. The Morgan fingerprint density at radius 1 is 1.20 bits per heavy atom. The summed E-state index contributed by atoms with van der Waals surface area (Å²) in [7, 11) is 0. The molecule has 1 aromatic rings. The molecule has 0 nitrogen and oxygen atoms in total. The molecule has 0 saturated heterocycles. The largest absolute Gasteiger partial charge is 0.0952 e. The zero-order chi connectivity index (χ0) is 11.1. The molecular formula is C15H18. The van der Waals surface area contributed by atoms with Gasteiger partial charge in [-0.1, -0.05) is 68.1 Å². The van der Waals surface area contributed by atoms with E-state index in [0.29, 0.717) is 5.92 Å². The summed E-state index contributed by atoms with van der Waals surface area (Å²) in [6.45, 7) is 8.27. The Hall–Kier alpha value is -1.56. The third-order valence-electron chi connectivity index (χ3n) is 2.47. The van der Waals surface area contributed by atoms with Gasteiger partial charge in [0.15, 0.2) is 0 Å². The molecule has 0 saturated carbocycles. The Labute approximate surface area is 92.6 Å². The summed E-state index contributed by atoms with van der Waals surface area (Å²) in [5.41, 5.74) is 2.45. The molecule has 0 fully saturated rings. The normalized spacial score (nSPS) is 13.5. The van der Waals surface area contributed by atoms with Crippen LogP contribution in [0, 0.1) is 0 Å². The maximum atomic E-state index is 4.08. The van der Waals surface area contributed by atoms with Crippen LogP contribution < -0.4 is 0 Å². The first-order valence-electron chi connectivity index (χ1n) is 5.28. The van der Waals surface area contributed by atoms with Gasteiger partial charge in [-0.3, -0.25) is 0 Å². The smallest absolute Gasteiger partial charge is 0.00551 e. The zero-order valence-electron chi connectivity index (χ0n) is 9.48. The second kappa shape index (κ2) is 6.02. The Balaban J connectivity index is 2.69. The third kappa shape index (κ3) is 3.59. The number of benzene rings is 1. The molecule has 0 heterocycles. The van der Waals surface area contributed by atoms with E-state index >= 15 is 0 Å². The molecule has 0 N–H and O–H groups in total. The van der Waals surface area contributed by atoms with Crippen LogP contribution in [0.3, 0.4) is 0 Å². The van der Waals surface area contributed by atoms with Gasteiger partial charge in [0.05, 0.1) is 0 Å². The minimum Gasteiger partial charge on any atom is -0.0952 e. The lowest BCUT2D eigenvalue weighted by Crippen LogP contribution is -1.93. The van der Waals surface area contributed by atoms with E-state index in [9.17, 15) is 0 Å². The van der Waals surface area contributed by atoms with E-state index in [4.69, 9.17) is 0 Å². The van der Waals surface area contributed by atoms with Crippen LogP contribution in [0.1, 0.15) is 25.3 Å². The van der Waals surface area contributed by atoms with Crippen LogP contribution in [0.2, 0.25) is 0 Å². The minimum atomic E-state index is 0.382. The summed E-state index contributed by atoms with van der Waals surface area (Å²) in [5.74, 6) is 0.382. The van der Waals surface area contributed by atoms with Crippen molar-refractivity contribution in [2.75, 3.05) is 0 Å². The maximum Gasteiger partial charge on any atom is 0.00551 e. The summed E-state index contributed by atoms with van der Waals surface area (Å²) in [4.78, 5) is 0. The predicted molar refractivity (Wildman–Crippen MR) is 68.0 cm³/mol. The van der Waals surface area contributed by atoms with Gasteiger partial charge in [-0.2, -0.15) is 0 Å². The quantitative estimate of drug-likeness (QED) is 0.626. The van der Waals surface area contributed by atoms with Crippen molar-refractivity contribution in [1.29, 1.82) is 0 Å².